The van der Waals surface area contributed by atoms with E-state index >= 15 is 0 Å². The summed E-state index contributed by atoms with van der Waals surface area (Å²) in [5.41, 5.74) is 3.05. The molecule has 0 aliphatic heterocycles. The first-order valence-corrected chi connectivity index (χ1v) is 3.77. The smallest absolute Gasteiger partial charge is 0.335 e. The van der Waals surface area contributed by atoms with Crippen LogP contribution in [-0.2, 0) is 9.59 Å². The zero-order valence-corrected chi connectivity index (χ0v) is 7.23. The van der Waals surface area contributed by atoms with E-state index in [9.17, 15) is 14.7 Å². The molecule has 0 heterocycles. The fourth-order valence-corrected chi connectivity index (χ4v) is 0.834. The van der Waals surface area contributed by atoms with Gasteiger partial charge in [-0.1, -0.05) is 6.92 Å². The third kappa shape index (κ3) is 3.00. The predicted molar refractivity (Wildman–Crippen MR) is 43.1 cm³/mol. The molecule has 2 atom stereocenters. The van der Waals surface area contributed by atoms with Gasteiger partial charge < -0.3 is 21.1 Å². The largest absolute Gasteiger partial charge is 0.480 e. The molecule has 76 valence electrons. The Labute approximate surface area is 75.0 Å². The summed E-state index contributed by atoms with van der Waals surface area (Å²) in [5.74, 6) is -2.78. The van der Waals surface area contributed by atoms with E-state index in [-0.39, 0.29) is 6.42 Å². The van der Waals surface area contributed by atoms with E-state index in [1.54, 1.807) is 0 Å². The highest BCUT2D eigenvalue weighted by molar-refractivity contribution is 5.79. The highest BCUT2D eigenvalue weighted by Crippen LogP contribution is 2.16. The van der Waals surface area contributed by atoms with Crippen molar-refractivity contribution in [3.8, 4) is 0 Å². The molecule has 0 radical (unpaired) electrons. The van der Waals surface area contributed by atoms with Crippen molar-refractivity contribution in [2.75, 3.05) is 0 Å². The molecule has 6 heteroatoms. The molecule has 5 N–H and O–H groups in total. The number of rotatable bonds is 5. The summed E-state index contributed by atoms with van der Waals surface area (Å²) in [5, 5.41) is 26.3. The van der Waals surface area contributed by atoms with Crippen LogP contribution in [0.3, 0.4) is 0 Å². The van der Waals surface area contributed by atoms with Crippen molar-refractivity contribution in [3.05, 3.63) is 0 Å². The van der Waals surface area contributed by atoms with Gasteiger partial charge in [-0.3, -0.25) is 4.79 Å². The summed E-state index contributed by atoms with van der Waals surface area (Å²) >= 11 is 0. The topological polar surface area (TPSA) is 121 Å². The lowest BCUT2D eigenvalue weighted by molar-refractivity contribution is -0.161. The molecule has 0 aliphatic rings. The minimum absolute atomic E-state index is 0.0800. The fraction of sp³-hybridized carbons (Fsp3) is 0.714. The maximum absolute atomic E-state index is 10.5. The van der Waals surface area contributed by atoms with E-state index in [0.29, 0.717) is 0 Å². The first kappa shape index (κ1) is 11.9. The molecule has 0 aromatic heterocycles. The van der Waals surface area contributed by atoms with Crippen LogP contribution in [0.1, 0.15) is 19.8 Å². The van der Waals surface area contributed by atoms with Crippen molar-refractivity contribution < 1.29 is 24.9 Å². The molecule has 0 fully saturated rings. The standard InChI is InChI=1S/C7H13NO5/c1-2-7(13,6(11)12)3-4(8)5(9)10/h4,13H,2-3,8H2,1H3,(H,9,10)(H,11,12). The van der Waals surface area contributed by atoms with E-state index in [0.717, 1.165) is 0 Å². The Bertz CT molecular complexity index is 217. The van der Waals surface area contributed by atoms with Gasteiger partial charge in [0.15, 0.2) is 5.60 Å². The third-order valence-electron chi connectivity index (χ3n) is 1.86. The van der Waals surface area contributed by atoms with Gasteiger partial charge in [-0.2, -0.15) is 0 Å². The minimum atomic E-state index is -2.04. The maximum atomic E-state index is 10.5. The van der Waals surface area contributed by atoms with Gasteiger partial charge in [0.25, 0.3) is 0 Å². The SMILES string of the molecule is CCC(O)(CC(N)C(=O)O)C(=O)O. The van der Waals surface area contributed by atoms with Crippen LogP contribution in [0.5, 0.6) is 0 Å². The van der Waals surface area contributed by atoms with Gasteiger partial charge in [0.1, 0.15) is 6.04 Å². The summed E-state index contributed by atoms with van der Waals surface area (Å²) in [6, 6.07) is -1.36. The second-order valence-corrected chi connectivity index (χ2v) is 2.84. The Morgan fingerprint density at radius 1 is 1.46 bits per heavy atom. The summed E-state index contributed by atoms with van der Waals surface area (Å²) in [7, 11) is 0. The summed E-state index contributed by atoms with van der Waals surface area (Å²) < 4.78 is 0. The molecule has 0 saturated heterocycles. The zero-order chi connectivity index (χ0) is 10.6. The lowest BCUT2D eigenvalue weighted by Crippen LogP contribution is -2.46. The number of aliphatic carboxylic acids is 2. The predicted octanol–water partition coefficient (Wildman–Crippen LogP) is -0.986. The van der Waals surface area contributed by atoms with Crippen LogP contribution in [0.4, 0.5) is 0 Å². The fourth-order valence-electron chi connectivity index (χ4n) is 0.834. The number of carbonyl (C=O) groups is 2. The van der Waals surface area contributed by atoms with Crippen molar-refractivity contribution in [3.63, 3.8) is 0 Å². The lowest BCUT2D eigenvalue weighted by Gasteiger charge is -2.23. The second-order valence-electron chi connectivity index (χ2n) is 2.84. The quantitative estimate of drug-likeness (QED) is 0.443. The van der Waals surface area contributed by atoms with Crippen LogP contribution in [0, 0.1) is 0 Å². The Balaban J connectivity index is 4.45. The van der Waals surface area contributed by atoms with Gasteiger partial charge in [0.05, 0.1) is 0 Å². The Hall–Kier alpha value is -1.14. The molecule has 0 amide bonds. The van der Waals surface area contributed by atoms with Crippen molar-refractivity contribution >= 4 is 11.9 Å². The van der Waals surface area contributed by atoms with Crippen molar-refractivity contribution in [2.24, 2.45) is 5.73 Å². The first-order valence-electron chi connectivity index (χ1n) is 3.77. The highest BCUT2D eigenvalue weighted by atomic mass is 16.4. The number of carboxylic acid groups (broad SMARTS) is 2. The molecule has 0 aromatic rings. The Morgan fingerprint density at radius 3 is 2.15 bits per heavy atom. The minimum Gasteiger partial charge on any atom is -0.480 e. The summed E-state index contributed by atoms with van der Waals surface area (Å²) in [6.07, 6.45) is -0.572. The first-order chi connectivity index (χ1) is 5.83. The summed E-state index contributed by atoms with van der Waals surface area (Å²) in [4.78, 5) is 20.8. The van der Waals surface area contributed by atoms with Crippen molar-refractivity contribution in [1.29, 1.82) is 0 Å². The molecule has 0 aromatic carbocycles. The molecule has 0 saturated carbocycles. The van der Waals surface area contributed by atoms with Crippen LogP contribution >= 0.6 is 0 Å². The number of carboxylic acids is 2. The molecule has 6 nitrogen and oxygen atoms in total. The number of aliphatic hydroxyl groups is 1. The zero-order valence-electron chi connectivity index (χ0n) is 7.23. The van der Waals surface area contributed by atoms with Gasteiger partial charge in [0.2, 0.25) is 0 Å². The van der Waals surface area contributed by atoms with Crippen LogP contribution in [0.2, 0.25) is 0 Å². The normalized spacial score (nSPS) is 17.5. The Kier molecular flexibility index (Phi) is 3.83. The molecule has 2 unspecified atom stereocenters. The van der Waals surface area contributed by atoms with Gasteiger partial charge in [-0.15, -0.1) is 0 Å². The van der Waals surface area contributed by atoms with E-state index < -0.39 is 30.0 Å². The lowest BCUT2D eigenvalue weighted by atomic mass is 9.92. The molecule has 0 rings (SSSR count). The number of nitrogens with two attached hydrogens (primary N) is 1. The summed E-state index contributed by atoms with van der Waals surface area (Å²) in [6.45, 7) is 1.45. The van der Waals surface area contributed by atoms with Crippen molar-refractivity contribution in [2.45, 2.75) is 31.4 Å². The van der Waals surface area contributed by atoms with Crippen LogP contribution in [-0.4, -0.2) is 38.9 Å². The van der Waals surface area contributed by atoms with E-state index in [1.807, 2.05) is 0 Å². The van der Waals surface area contributed by atoms with Gasteiger partial charge >= 0.3 is 11.9 Å². The average Bonchev–Trinajstić information content (AvgIpc) is 2.03. The van der Waals surface area contributed by atoms with Crippen LogP contribution < -0.4 is 5.73 Å². The molecule has 0 bridgehead atoms. The average molecular weight is 191 g/mol. The molecule has 0 aliphatic carbocycles. The number of hydrogen-bond donors (Lipinski definition) is 4. The van der Waals surface area contributed by atoms with Gasteiger partial charge in [0, 0.05) is 6.42 Å². The van der Waals surface area contributed by atoms with Crippen LogP contribution in [0.15, 0.2) is 0 Å². The molecule has 13 heavy (non-hydrogen) atoms. The molecular weight excluding hydrogens is 178 g/mol. The Morgan fingerprint density at radius 2 is 1.92 bits per heavy atom. The third-order valence-corrected chi connectivity index (χ3v) is 1.86. The van der Waals surface area contributed by atoms with E-state index in [4.69, 9.17) is 15.9 Å². The monoisotopic (exact) mass is 191 g/mol. The highest BCUT2D eigenvalue weighted by Gasteiger charge is 2.37. The van der Waals surface area contributed by atoms with Gasteiger partial charge in [-0.05, 0) is 6.42 Å². The van der Waals surface area contributed by atoms with E-state index in [1.165, 1.54) is 6.92 Å². The van der Waals surface area contributed by atoms with Crippen molar-refractivity contribution in [1.82, 2.24) is 0 Å². The molecular formula is C7H13NO5. The van der Waals surface area contributed by atoms with Crippen LogP contribution in [0.25, 0.3) is 0 Å². The second kappa shape index (κ2) is 4.20. The molecule has 0 spiro atoms. The number of hydrogen-bond acceptors (Lipinski definition) is 4. The maximum Gasteiger partial charge on any atom is 0.335 e. The van der Waals surface area contributed by atoms with Gasteiger partial charge in [-0.25, -0.2) is 4.79 Å². The van der Waals surface area contributed by atoms with E-state index in [2.05, 4.69) is 0 Å².